The lowest BCUT2D eigenvalue weighted by molar-refractivity contribution is -0.384. The number of rotatable bonds is 3. The summed E-state index contributed by atoms with van der Waals surface area (Å²) in [5, 5.41) is 14.0. The lowest BCUT2D eigenvalue weighted by Gasteiger charge is -2.30. The molecule has 96 valence electrons. The third-order valence-corrected chi connectivity index (χ3v) is 3.09. The number of benzene rings is 1. The molecule has 1 saturated heterocycles. The molecule has 0 aromatic heterocycles. The van der Waals surface area contributed by atoms with E-state index in [0.717, 1.165) is 0 Å². The molecule has 1 aromatic carbocycles. The van der Waals surface area contributed by atoms with Gasteiger partial charge in [0.15, 0.2) is 0 Å². The molecule has 1 N–H and O–H groups in total. The summed E-state index contributed by atoms with van der Waals surface area (Å²) in [4.78, 5) is 23.5. The number of amides is 1. The van der Waals surface area contributed by atoms with Crippen LogP contribution >= 0.6 is 0 Å². The standard InChI is InChI=1S/C12H15N3O3/c1-14-8-9(6-7-12(14)16)13-10-4-2-3-5-11(10)15(17)18/h2-5,9,13H,6-8H2,1H3. The van der Waals surface area contributed by atoms with E-state index in [1.807, 2.05) is 0 Å². The molecule has 0 aliphatic carbocycles. The fourth-order valence-electron chi connectivity index (χ4n) is 2.10. The zero-order valence-corrected chi connectivity index (χ0v) is 10.1. The summed E-state index contributed by atoms with van der Waals surface area (Å²) in [7, 11) is 1.75. The van der Waals surface area contributed by atoms with Gasteiger partial charge >= 0.3 is 0 Å². The highest BCUT2D eigenvalue weighted by Crippen LogP contribution is 2.25. The average Bonchev–Trinajstić information content (AvgIpc) is 2.34. The van der Waals surface area contributed by atoms with Crippen molar-refractivity contribution in [1.29, 1.82) is 0 Å². The average molecular weight is 249 g/mol. The summed E-state index contributed by atoms with van der Waals surface area (Å²) < 4.78 is 0. The van der Waals surface area contributed by atoms with Crippen LogP contribution in [0.4, 0.5) is 11.4 Å². The maximum Gasteiger partial charge on any atom is 0.292 e. The van der Waals surface area contributed by atoms with Crippen LogP contribution in [-0.4, -0.2) is 35.4 Å². The van der Waals surface area contributed by atoms with Crippen molar-refractivity contribution in [3.8, 4) is 0 Å². The molecule has 1 aromatic rings. The Kier molecular flexibility index (Phi) is 3.45. The van der Waals surface area contributed by atoms with Gasteiger partial charge < -0.3 is 10.2 Å². The number of hydrogen-bond donors (Lipinski definition) is 1. The first-order chi connectivity index (χ1) is 8.58. The predicted octanol–water partition coefficient (Wildman–Crippen LogP) is 1.63. The number of anilines is 1. The van der Waals surface area contributed by atoms with Crippen LogP contribution in [0.15, 0.2) is 24.3 Å². The zero-order chi connectivity index (χ0) is 13.1. The van der Waals surface area contributed by atoms with Crippen LogP contribution in [-0.2, 0) is 4.79 Å². The van der Waals surface area contributed by atoms with Crippen molar-refractivity contribution in [3.05, 3.63) is 34.4 Å². The van der Waals surface area contributed by atoms with Crippen molar-refractivity contribution in [2.75, 3.05) is 18.9 Å². The van der Waals surface area contributed by atoms with Crippen LogP contribution in [0.5, 0.6) is 0 Å². The summed E-state index contributed by atoms with van der Waals surface area (Å²) in [5.41, 5.74) is 0.576. The van der Waals surface area contributed by atoms with Gasteiger partial charge in [0.2, 0.25) is 5.91 Å². The minimum Gasteiger partial charge on any atom is -0.375 e. The first kappa shape index (κ1) is 12.3. The summed E-state index contributed by atoms with van der Waals surface area (Å²) in [6, 6.07) is 6.62. The molecule has 18 heavy (non-hydrogen) atoms. The van der Waals surface area contributed by atoms with Crippen molar-refractivity contribution in [2.45, 2.75) is 18.9 Å². The molecular formula is C12H15N3O3. The molecule has 1 unspecified atom stereocenters. The maximum absolute atomic E-state index is 11.4. The Balaban J connectivity index is 2.10. The minimum atomic E-state index is -0.403. The van der Waals surface area contributed by atoms with Gasteiger partial charge in [-0.1, -0.05) is 12.1 Å². The van der Waals surface area contributed by atoms with E-state index in [0.29, 0.717) is 25.1 Å². The number of hydrogen-bond acceptors (Lipinski definition) is 4. The van der Waals surface area contributed by atoms with Gasteiger partial charge in [-0.3, -0.25) is 14.9 Å². The zero-order valence-electron chi connectivity index (χ0n) is 10.1. The van der Waals surface area contributed by atoms with Gasteiger partial charge in [-0.25, -0.2) is 0 Å². The fourth-order valence-corrected chi connectivity index (χ4v) is 2.10. The Morgan fingerprint density at radius 1 is 1.44 bits per heavy atom. The first-order valence-electron chi connectivity index (χ1n) is 5.82. The molecule has 0 spiro atoms. The predicted molar refractivity (Wildman–Crippen MR) is 67.4 cm³/mol. The number of likely N-dealkylation sites (tertiary alicyclic amines) is 1. The number of likely N-dealkylation sites (N-methyl/N-ethyl adjacent to an activating group) is 1. The number of nitrogens with one attached hydrogen (secondary N) is 1. The van der Waals surface area contributed by atoms with Crippen molar-refractivity contribution in [2.24, 2.45) is 0 Å². The van der Waals surface area contributed by atoms with Crippen molar-refractivity contribution >= 4 is 17.3 Å². The Hall–Kier alpha value is -2.11. The third-order valence-electron chi connectivity index (χ3n) is 3.09. The first-order valence-corrected chi connectivity index (χ1v) is 5.82. The molecular weight excluding hydrogens is 234 g/mol. The number of carbonyl (C=O) groups excluding carboxylic acids is 1. The molecule has 0 saturated carbocycles. The summed E-state index contributed by atoms with van der Waals surface area (Å²) in [5.74, 6) is 0.121. The van der Waals surface area contributed by atoms with E-state index < -0.39 is 4.92 Å². The minimum absolute atomic E-state index is 0.0637. The van der Waals surface area contributed by atoms with E-state index >= 15 is 0 Å². The fraction of sp³-hybridized carbons (Fsp3) is 0.417. The van der Waals surface area contributed by atoms with Crippen LogP contribution < -0.4 is 5.32 Å². The lowest BCUT2D eigenvalue weighted by atomic mass is 10.1. The number of para-hydroxylation sites is 2. The highest BCUT2D eigenvalue weighted by atomic mass is 16.6. The molecule has 1 aliphatic rings. The van der Waals surface area contributed by atoms with Crippen molar-refractivity contribution < 1.29 is 9.72 Å². The van der Waals surface area contributed by atoms with Crippen LogP contribution in [0, 0.1) is 10.1 Å². The van der Waals surface area contributed by atoms with Crippen LogP contribution in [0.25, 0.3) is 0 Å². The molecule has 1 aliphatic heterocycles. The van der Waals surface area contributed by atoms with E-state index in [-0.39, 0.29) is 17.6 Å². The van der Waals surface area contributed by atoms with Crippen LogP contribution in [0.1, 0.15) is 12.8 Å². The summed E-state index contributed by atoms with van der Waals surface area (Å²) in [6.45, 7) is 0.574. The van der Waals surface area contributed by atoms with E-state index in [9.17, 15) is 14.9 Å². The normalized spacial score (nSPS) is 19.7. The quantitative estimate of drug-likeness (QED) is 0.652. The highest BCUT2D eigenvalue weighted by Gasteiger charge is 2.24. The van der Waals surface area contributed by atoms with Gasteiger partial charge in [0.25, 0.3) is 5.69 Å². The molecule has 2 rings (SSSR count). The monoisotopic (exact) mass is 249 g/mol. The SMILES string of the molecule is CN1CC(Nc2ccccc2[N+](=O)[O-])CCC1=O. The second-order valence-electron chi connectivity index (χ2n) is 4.43. The number of nitro benzene ring substituents is 1. The number of nitro groups is 1. The smallest absolute Gasteiger partial charge is 0.292 e. The van der Waals surface area contributed by atoms with Gasteiger partial charge in [-0.2, -0.15) is 0 Å². The lowest BCUT2D eigenvalue weighted by Crippen LogP contribution is -2.43. The molecule has 6 heteroatoms. The molecule has 6 nitrogen and oxygen atoms in total. The Morgan fingerprint density at radius 2 is 2.17 bits per heavy atom. The van der Waals surface area contributed by atoms with Crippen LogP contribution in [0.2, 0.25) is 0 Å². The second-order valence-corrected chi connectivity index (χ2v) is 4.43. The molecule has 1 atom stereocenters. The van der Waals surface area contributed by atoms with Crippen molar-refractivity contribution in [1.82, 2.24) is 4.90 Å². The topological polar surface area (TPSA) is 75.5 Å². The highest BCUT2D eigenvalue weighted by molar-refractivity contribution is 5.77. The Labute approximate surface area is 105 Å². The van der Waals surface area contributed by atoms with E-state index in [4.69, 9.17) is 0 Å². The summed E-state index contributed by atoms with van der Waals surface area (Å²) in [6.07, 6.45) is 1.18. The molecule has 0 bridgehead atoms. The number of piperidine rings is 1. The Bertz CT molecular complexity index is 475. The van der Waals surface area contributed by atoms with Crippen molar-refractivity contribution in [3.63, 3.8) is 0 Å². The van der Waals surface area contributed by atoms with Crippen LogP contribution in [0.3, 0.4) is 0 Å². The van der Waals surface area contributed by atoms with E-state index in [1.165, 1.54) is 6.07 Å². The second kappa shape index (κ2) is 5.03. The summed E-state index contributed by atoms with van der Waals surface area (Å²) >= 11 is 0. The number of nitrogens with zero attached hydrogens (tertiary/aromatic N) is 2. The van der Waals surface area contributed by atoms with E-state index in [2.05, 4.69) is 5.32 Å². The largest absolute Gasteiger partial charge is 0.375 e. The molecule has 1 heterocycles. The molecule has 1 amide bonds. The van der Waals surface area contributed by atoms with Gasteiger partial charge in [-0.05, 0) is 12.5 Å². The number of carbonyl (C=O) groups is 1. The maximum atomic E-state index is 11.4. The molecule has 1 fully saturated rings. The van der Waals surface area contributed by atoms with Gasteiger partial charge in [-0.15, -0.1) is 0 Å². The van der Waals surface area contributed by atoms with Gasteiger partial charge in [0.1, 0.15) is 5.69 Å². The van der Waals surface area contributed by atoms with E-state index in [1.54, 1.807) is 30.1 Å². The molecule has 0 radical (unpaired) electrons. The third kappa shape index (κ3) is 2.58. The van der Waals surface area contributed by atoms with Gasteiger partial charge in [0, 0.05) is 32.1 Å². The van der Waals surface area contributed by atoms with Gasteiger partial charge in [0.05, 0.1) is 4.92 Å². The Morgan fingerprint density at radius 3 is 2.83 bits per heavy atom.